The summed E-state index contributed by atoms with van der Waals surface area (Å²) in [4.78, 5) is 0. The van der Waals surface area contributed by atoms with Gasteiger partial charge in [-0.1, -0.05) is 0 Å². The Morgan fingerprint density at radius 2 is 2.25 bits per heavy atom. The Balaban J connectivity index is 1.86. The number of methoxy groups -OCH3 is 1. The number of hydrogen-bond acceptors (Lipinski definition) is 4. The van der Waals surface area contributed by atoms with Crippen LogP contribution in [0.5, 0.6) is 0 Å². The number of rotatable bonds is 9. The Morgan fingerprint density at radius 1 is 1.38 bits per heavy atom. The zero-order valence-electron chi connectivity index (χ0n) is 10.5. The molecule has 1 fully saturated rings. The molecule has 0 amide bonds. The zero-order chi connectivity index (χ0) is 11.6. The molecule has 1 saturated heterocycles. The lowest BCUT2D eigenvalue weighted by Gasteiger charge is -2.19. The van der Waals surface area contributed by atoms with E-state index in [1.807, 2.05) is 0 Å². The number of nitrogens with one attached hydrogen (secondary N) is 1. The molecule has 4 heteroatoms. The molecule has 0 saturated carbocycles. The van der Waals surface area contributed by atoms with Crippen molar-refractivity contribution >= 4 is 0 Å². The van der Waals surface area contributed by atoms with E-state index in [2.05, 4.69) is 12.2 Å². The first-order chi connectivity index (χ1) is 7.84. The summed E-state index contributed by atoms with van der Waals surface area (Å²) in [5.41, 5.74) is 0. The van der Waals surface area contributed by atoms with Crippen LogP contribution >= 0.6 is 0 Å². The second-order valence-electron chi connectivity index (χ2n) is 4.25. The lowest BCUT2D eigenvalue weighted by atomic mass is 10.1. The zero-order valence-corrected chi connectivity index (χ0v) is 10.5. The maximum absolute atomic E-state index is 5.61. The van der Waals surface area contributed by atoms with Gasteiger partial charge < -0.3 is 19.5 Å². The van der Waals surface area contributed by atoms with E-state index in [-0.39, 0.29) is 0 Å². The first kappa shape index (κ1) is 13.9. The van der Waals surface area contributed by atoms with Gasteiger partial charge in [-0.2, -0.15) is 0 Å². The highest BCUT2D eigenvalue weighted by molar-refractivity contribution is 4.76. The third kappa shape index (κ3) is 5.80. The molecule has 0 radical (unpaired) electrons. The van der Waals surface area contributed by atoms with Crippen LogP contribution in [0.4, 0.5) is 0 Å². The first-order valence-corrected chi connectivity index (χ1v) is 6.26. The van der Waals surface area contributed by atoms with Crippen molar-refractivity contribution < 1.29 is 14.2 Å². The van der Waals surface area contributed by atoms with E-state index in [0.29, 0.717) is 12.1 Å². The Bertz CT molecular complexity index is 160. The quantitative estimate of drug-likeness (QED) is 0.605. The highest BCUT2D eigenvalue weighted by Crippen LogP contribution is 2.14. The van der Waals surface area contributed by atoms with Crippen LogP contribution in [0.1, 0.15) is 26.2 Å². The van der Waals surface area contributed by atoms with Gasteiger partial charge in [0, 0.05) is 39.5 Å². The van der Waals surface area contributed by atoms with E-state index >= 15 is 0 Å². The fourth-order valence-corrected chi connectivity index (χ4v) is 1.89. The van der Waals surface area contributed by atoms with Gasteiger partial charge in [-0.3, -0.25) is 0 Å². The van der Waals surface area contributed by atoms with Gasteiger partial charge in [-0.05, 0) is 26.2 Å². The lowest BCUT2D eigenvalue weighted by Crippen LogP contribution is -2.38. The van der Waals surface area contributed by atoms with Crippen LogP contribution in [-0.2, 0) is 14.2 Å². The van der Waals surface area contributed by atoms with Gasteiger partial charge in [0.25, 0.3) is 0 Å². The van der Waals surface area contributed by atoms with Crippen molar-refractivity contribution in [3.05, 3.63) is 0 Å². The molecule has 96 valence electrons. The van der Waals surface area contributed by atoms with Gasteiger partial charge in [-0.15, -0.1) is 0 Å². The summed E-state index contributed by atoms with van der Waals surface area (Å²) in [7, 11) is 1.71. The monoisotopic (exact) mass is 231 g/mol. The van der Waals surface area contributed by atoms with Crippen LogP contribution in [0.2, 0.25) is 0 Å². The summed E-state index contributed by atoms with van der Waals surface area (Å²) in [6.07, 6.45) is 3.75. The second-order valence-corrected chi connectivity index (χ2v) is 4.25. The van der Waals surface area contributed by atoms with Crippen LogP contribution in [0.3, 0.4) is 0 Å². The average Bonchev–Trinajstić information content (AvgIpc) is 2.81. The van der Waals surface area contributed by atoms with E-state index < -0.39 is 0 Å². The minimum atomic E-state index is 0.397. The Kier molecular flexibility index (Phi) is 7.76. The molecule has 1 aliphatic heterocycles. The molecule has 0 spiro atoms. The van der Waals surface area contributed by atoms with E-state index in [4.69, 9.17) is 14.2 Å². The maximum atomic E-state index is 5.61. The number of hydrogen-bond donors (Lipinski definition) is 1. The van der Waals surface area contributed by atoms with Crippen molar-refractivity contribution in [2.24, 2.45) is 0 Å². The van der Waals surface area contributed by atoms with Crippen molar-refractivity contribution in [2.45, 2.75) is 38.3 Å². The standard InChI is InChI=1S/C12H25NO3/c1-11(12-5-3-9-16-12)13-6-10-15-8-4-7-14-2/h11-13H,3-10H2,1-2H3. The Morgan fingerprint density at radius 3 is 2.94 bits per heavy atom. The molecular formula is C12H25NO3. The third-order valence-corrected chi connectivity index (χ3v) is 2.87. The minimum absolute atomic E-state index is 0.397. The fraction of sp³-hybridized carbons (Fsp3) is 1.00. The van der Waals surface area contributed by atoms with Gasteiger partial charge in [0.15, 0.2) is 0 Å². The third-order valence-electron chi connectivity index (χ3n) is 2.87. The van der Waals surface area contributed by atoms with E-state index in [1.165, 1.54) is 12.8 Å². The molecule has 0 aromatic rings. The molecule has 1 N–H and O–H groups in total. The highest BCUT2D eigenvalue weighted by Gasteiger charge is 2.21. The largest absolute Gasteiger partial charge is 0.385 e. The van der Waals surface area contributed by atoms with E-state index in [0.717, 1.165) is 39.4 Å². The highest BCUT2D eigenvalue weighted by atomic mass is 16.5. The van der Waals surface area contributed by atoms with E-state index in [1.54, 1.807) is 7.11 Å². The smallest absolute Gasteiger partial charge is 0.0726 e. The molecule has 0 aliphatic carbocycles. The minimum Gasteiger partial charge on any atom is -0.385 e. The van der Waals surface area contributed by atoms with Crippen molar-refractivity contribution in [2.75, 3.05) is 40.1 Å². The number of ether oxygens (including phenoxy) is 3. The van der Waals surface area contributed by atoms with Crippen LogP contribution in [-0.4, -0.2) is 52.2 Å². The predicted octanol–water partition coefficient (Wildman–Crippen LogP) is 1.20. The van der Waals surface area contributed by atoms with Gasteiger partial charge in [-0.25, -0.2) is 0 Å². The van der Waals surface area contributed by atoms with Gasteiger partial charge >= 0.3 is 0 Å². The summed E-state index contributed by atoms with van der Waals surface area (Å²) in [6.45, 7) is 6.32. The summed E-state index contributed by atoms with van der Waals surface area (Å²) < 4.78 is 16.0. The van der Waals surface area contributed by atoms with Crippen LogP contribution in [0.25, 0.3) is 0 Å². The van der Waals surface area contributed by atoms with Crippen LogP contribution in [0.15, 0.2) is 0 Å². The SMILES string of the molecule is COCCCOCCNC(C)C1CCCO1. The summed E-state index contributed by atoms with van der Waals surface area (Å²) in [5, 5.41) is 3.43. The molecule has 0 aromatic carbocycles. The van der Waals surface area contributed by atoms with Crippen molar-refractivity contribution in [1.82, 2.24) is 5.32 Å². The van der Waals surface area contributed by atoms with Gasteiger partial charge in [0.2, 0.25) is 0 Å². The van der Waals surface area contributed by atoms with E-state index in [9.17, 15) is 0 Å². The lowest BCUT2D eigenvalue weighted by molar-refractivity contribution is 0.0737. The first-order valence-electron chi connectivity index (χ1n) is 6.26. The van der Waals surface area contributed by atoms with Gasteiger partial charge in [0.1, 0.15) is 0 Å². The normalized spacial score (nSPS) is 22.5. The molecule has 2 unspecified atom stereocenters. The molecular weight excluding hydrogens is 206 g/mol. The molecule has 1 aliphatic rings. The fourth-order valence-electron chi connectivity index (χ4n) is 1.89. The Labute approximate surface area is 98.6 Å². The molecule has 0 aromatic heterocycles. The second kappa shape index (κ2) is 8.93. The van der Waals surface area contributed by atoms with Crippen molar-refractivity contribution in [3.8, 4) is 0 Å². The van der Waals surface area contributed by atoms with Crippen molar-refractivity contribution in [1.29, 1.82) is 0 Å². The van der Waals surface area contributed by atoms with Crippen molar-refractivity contribution in [3.63, 3.8) is 0 Å². The molecule has 0 bridgehead atoms. The van der Waals surface area contributed by atoms with Crippen LogP contribution < -0.4 is 5.32 Å². The molecule has 4 nitrogen and oxygen atoms in total. The van der Waals surface area contributed by atoms with Gasteiger partial charge in [0.05, 0.1) is 12.7 Å². The molecule has 2 atom stereocenters. The molecule has 16 heavy (non-hydrogen) atoms. The maximum Gasteiger partial charge on any atom is 0.0726 e. The van der Waals surface area contributed by atoms with Crippen LogP contribution in [0, 0.1) is 0 Å². The topological polar surface area (TPSA) is 39.7 Å². The molecule has 1 heterocycles. The summed E-state index contributed by atoms with van der Waals surface area (Å²) in [5.74, 6) is 0. The summed E-state index contributed by atoms with van der Waals surface area (Å²) in [6, 6.07) is 0.435. The predicted molar refractivity (Wildman–Crippen MR) is 63.8 cm³/mol. The molecule has 1 rings (SSSR count). The summed E-state index contributed by atoms with van der Waals surface area (Å²) >= 11 is 0. The Hall–Kier alpha value is -0.160. The average molecular weight is 231 g/mol.